The van der Waals surface area contributed by atoms with Crippen molar-refractivity contribution in [3.63, 3.8) is 0 Å². The number of carbonyl (C=O) groups is 1. The van der Waals surface area contributed by atoms with Gasteiger partial charge in [-0.3, -0.25) is 4.79 Å². The van der Waals surface area contributed by atoms with Crippen molar-refractivity contribution in [3.8, 4) is 22.6 Å². The second-order valence-electron chi connectivity index (χ2n) is 8.32. The van der Waals surface area contributed by atoms with Gasteiger partial charge in [-0.2, -0.15) is 13.2 Å². The predicted molar refractivity (Wildman–Crippen MR) is 106 cm³/mol. The molecule has 6 nitrogen and oxygen atoms in total. The van der Waals surface area contributed by atoms with Crippen LogP contribution in [0.15, 0.2) is 34.7 Å². The van der Waals surface area contributed by atoms with E-state index in [0.717, 1.165) is 13.8 Å². The van der Waals surface area contributed by atoms with Crippen LogP contribution in [0.1, 0.15) is 35.7 Å². The van der Waals surface area contributed by atoms with Crippen LogP contribution < -0.4 is 0 Å². The van der Waals surface area contributed by atoms with Crippen LogP contribution >= 0.6 is 0 Å². The summed E-state index contributed by atoms with van der Waals surface area (Å²) in [6.45, 7) is 2.80. The van der Waals surface area contributed by atoms with Crippen molar-refractivity contribution >= 4 is 5.91 Å². The molecule has 174 valence electrons. The molecule has 1 aromatic heterocycles. The average Bonchev–Trinajstić information content (AvgIpc) is 3.25. The molecular weight excluding hydrogens is 449 g/mol. The number of amides is 1. The van der Waals surface area contributed by atoms with Crippen molar-refractivity contribution in [2.24, 2.45) is 0 Å². The summed E-state index contributed by atoms with van der Waals surface area (Å²) in [6, 6.07) is 3.84. The van der Waals surface area contributed by atoms with Gasteiger partial charge in [0.1, 0.15) is 0 Å². The smallest absolute Gasteiger partial charge is 0.411 e. The van der Waals surface area contributed by atoms with Crippen LogP contribution in [0, 0.1) is 18.6 Å². The molecule has 2 aromatic carbocycles. The molecule has 0 spiro atoms. The van der Waals surface area contributed by atoms with E-state index in [1.54, 1.807) is 6.92 Å². The molecule has 0 bridgehead atoms. The van der Waals surface area contributed by atoms with Gasteiger partial charge >= 0.3 is 6.18 Å². The number of alkyl halides is 3. The first-order valence-electron chi connectivity index (χ1n) is 9.81. The lowest BCUT2D eigenvalue weighted by Crippen LogP contribution is -2.57. The summed E-state index contributed by atoms with van der Waals surface area (Å²) < 4.78 is 75.8. The highest BCUT2D eigenvalue weighted by atomic mass is 19.4. The molecular formula is C22H18F5N3O3. The van der Waals surface area contributed by atoms with Gasteiger partial charge in [0.15, 0.2) is 17.7 Å². The Labute approximate surface area is 184 Å². The molecule has 11 heteroatoms. The summed E-state index contributed by atoms with van der Waals surface area (Å²) in [7, 11) is 0. The molecule has 1 N–H and O–H groups in total. The molecule has 4 rings (SSSR count). The number of aromatic nitrogens is 2. The SMILES string of the molecule is Cc1nnc(-c2ccc(-c3c(F)c(F)cc4c3C(=O)N([C@@H](C(C)(C)O)C(F)(F)F)C4)cc2)o1. The maximum atomic E-state index is 14.9. The zero-order valence-corrected chi connectivity index (χ0v) is 17.7. The number of benzene rings is 2. The average molecular weight is 467 g/mol. The van der Waals surface area contributed by atoms with E-state index in [2.05, 4.69) is 10.2 Å². The largest absolute Gasteiger partial charge is 0.421 e. The Kier molecular flexibility index (Phi) is 5.27. The van der Waals surface area contributed by atoms with E-state index < -0.39 is 47.5 Å². The Bertz CT molecular complexity index is 1220. The number of fused-ring (bicyclic) bond motifs is 1. The zero-order chi connectivity index (χ0) is 24.3. The number of aliphatic hydroxyl groups is 1. The molecule has 0 aliphatic carbocycles. The maximum absolute atomic E-state index is 14.9. The van der Waals surface area contributed by atoms with Crippen molar-refractivity contribution in [3.05, 3.63) is 59.0 Å². The van der Waals surface area contributed by atoms with Gasteiger partial charge in [0.2, 0.25) is 11.8 Å². The number of nitrogens with zero attached hydrogens (tertiary/aromatic N) is 3. The molecule has 3 aromatic rings. The van der Waals surface area contributed by atoms with Crippen LogP contribution in [0.5, 0.6) is 0 Å². The highest BCUT2D eigenvalue weighted by molar-refractivity contribution is 6.05. The van der Waals surface area contributed by atoms with Gasteiger partial charge in [0.05, 0.1) is 11.2 Å². The summed E-state index contributed by atoms with van der Waals surface area (Å²) in [5.41, 5.74) is -2.75. The van der Waals surface area contributed by atoms with Crippen LogP contribution in [-0.4, -0.2) is 43.9 Å². The molecule has 0 radical (unpaired) electrons. The number of halogens is 5. The summed E-state index contributed by atoms with van der Waals surface area (Å²) in [6.07, 6.45) is -4.98. The minimum absolute atomic E-state index is 0.0743. The first-order chi connectivity index (χ1) is 15.3. The molecule has 1 aliphatic rings. The molecule has 0 saturated carbocycles. The lowest BCUT2D eigenvalue weighted by atomic mass is 9.94. The zero-order valence-electron chi connectivity index (χ0n) is 17.7. The number of hydrogen-bond donors (Lipinski definition) is 1. The number of carbonyl (C=O) groups excluding carboxylic acids is 1. The summed E-state index contributed by atoms with van der Waals surface area (Å²) >= 11 is 0. The van der Waals surface area contributed by atoms with E-state index in [-0.39, 0.29) is 22.6 Å². The van der Waals surface area contributed by atoms with Gasteiger partial charge in [-0.25, -0.2) is 8.78 Å². The van der Waals surface area contributed by atoms with Crippen molar-refractivity contribution in [2.75, 3.05) is 0 Å². The fourth-order valence-electron chi connectivity index (χ4n) is 4.08. The molecule has 2 heterocycles. The highest BCUT2D eigenvalue weighted by Gasteiger charge is 2.55. The molecule has 0 saturated heterocycles. The number of aryl methyl sites for hydroxylation is 1. The van der Waals surface area contributed by atoms with E-state index in [0.29, 0.717) is 22.4 Å². The van der Waals surface area contributed by atoms with Crippen LogP contribution in [0.3, 0.4) is 0 Å². The fraction of sp³-hybridized carbons (Fsp3) is 0.318. The summed E-state index contributed by atoms with van der Waals surface area (Å²) in [4.78, 5) is 13.5. The molecule has 33 heavy (non-hydrogen) atoms. The molecule has 1 atom stereocenters. The van der Waals surface area contributed by atoms with E-state index in [9.17, 15) is 31.9 Å². The molecule has 0 fully saturated rings. The lowest BCUT2D eigenvalue weighted by molar-refractivity contribution is -0.219. The Hall–Kier alpha value is -3.34. The Morgan fingerprint density at radius 2 is 1.67 bits per heavy atom. The van der Waals surface area contributed by atoms with Gasteiger partial charge < -0.3 is 14.4 Å². The van der Waals surface area contributed by atoms with Crippen molar-refractivity contribution in [1.82, 2.24) is 15.1 Å². The first kappa shape index (κ1) is 22.8. The van der Waals surface area contributed by atoms with Crippen LogP contribution in [-0.2, 0) is 6.54 Å². The predicted octanol–water partition coefficient (Wildman–Crippen LogP) is 4.65. The minimum Gasteiger partial charge on any atom is -0.421 e. The normalized spacial score (nSPS) is 15.2. The van der Waals surface area contributed by atoms with Gasteiger partial charge in [-0.15, -0.1) is 10.2 Å². The number of rotatable bonds is 4. The van der Waals surface area contributed by atoms with E-state index in [1.165, 1.54) is 24.3 Å². The van der Waals surface area contributed by atoms with Crippen LogP contribution in [0.2, 0.25) is 0 Å². The van der Waals surface area contributed by atoms with Gasteiger partial charge in [-0.05, 0) is 43.2 Å². The summed E-state index contributed by atoms with van der Waals surface area (Å²) in [5, 5.41) is 17.7. The molecule has 0 unspecified atom stereocenters. The topological polar surface area (TPSA) is 79.5 Å². The second kappa shape index (κ2) is 7.62. The third kappa shape index (κ3) is 3.97. The Morgan fingerprint density at radius 3 is 2.18 bits per heavy atom. The standard InChI is InChI=1S/C22H18F5N3O3/c1-10-28-29-18(33-10)12-6-4-11(5-7-12)15-16-13(8-14(23)17(15)24)9-30(19(16)31)20(21(2,3)32)22(25,26)27/h4-8,20,32H,9H2,1-3H3/t20-/m0/s1. The van der Waals surface area contributed by atoms with Crippen LogP contribution in [0.25, 0.3) is 22.6 Å². The van der Waals surface area contributed by atoms with Gasteiger partial charge in [0.25, 0.3) is 5.91 Å². The minimum atomic E-state index is -4.98. The lowest BCUT2D eigenvalue weighted by Gasteiger charge is -2.37. The third-order valence-electron chi connectivity index (χ3n) is 5.35. The van der Waals surface area contributed by atoms with Crippen LogP contribution in [0.4, 0.5) is 22.0 Å². The first-order valence-corrected chi connectivity index (χ1v) is 9.81. The van der Waals surface area contributed by atoms with Crippen molar-refractivity contribution in [2.45, 2.75) is 45.1 Å². The Balaban J connectivity index is 1.81. The quantitative estimate of drug-likeness (QED) is 0.566. The maximum Gasteiger partial charge on any atom is 0.411 e. The van der Waals surface area contributed by atoms with E-state index in [1.807, 2.05) is 0 Å². The molecule has 1 amide bonds. The number of hydrogen-bond acceptors (Lipinski definition) is 5. The summed E-state index contributed by atoms with van der Waals surface area (Å²) in [5.74, 6) is -3.32. The van der Waals surface area contributed by atoms with Gasteiger partial charge in [-0.1, -0.05) is 12.1 Å². The van der Waals surface area contributed by atoms with E-state index >= 15 is 0 Å². The highest BCUT2D eigenvalue weighted by Crippen LogP contribution is 2.42. The monoisotopic (exact) mass is 467 g/mol. The Morgan fingerprint density at radius 1 is 1.06 bits per heavy atom. The fourth-order valence-corrected chi connectivity index (χ4v) is 4.08. The molecule has 1 aliphatic heterocycles. The van der Waals surface area contributed by atoms with Crippen molar-refractivity contribution < 1.29 is 36.3 Å². The van der Waals surface area contributed by atoms with Gasteiger partial charge in [0, 0.05) is 24.6 Å². The van der Waals surface area contributed by atoms with Crippen molar-refractivity contribution in [1.29, 1.82) is 0 Å². The third-order valence-corrected chi connectivity index (χ3v) is 5.35. The van der Waals surface area contributed by atoms with E-state index in [4.69, 9.17) is 4.42 Å². The second-order valence-corrected chi connectivity index (χ2v) is 8.32.